The van der Waals surface area contributed by atoms with Crippen LogP contribution in [0.15, 0.2) is 193 Å². The number of fused-ring (bicyclic) bond motifs is 5. The number of hydrogen-bond acceptors (Lipinski definition) is 3. The van der Waals surface area contributed by atoms with Gasteiger partial charge >= 0.3 is 0 Å². The summed E-state index contributed by atoms with van der Waals surface area (Å²) in [7, 11) is 0. The second-order valence-corrected chi connectivity index (χ2v) is 14.3. The molecule has 4 heteroatoms. The van der Waals surface area contributed by atoms with Crippen molar-refractivity contribution < 1.29 is 0 Å². The van der Waals surface area contributed by atoms with Gasteiger partial charge in [-0.05, 0) is 64.1 Å². The van der Waals surface area contributed by atoms with Crippen molar-refractivity contribution in [2.45, 2.75) is 13.1 Å². The minimum absolute atomic E-state index is 0.0993. The van der Waals surface area contributed by atoms with Crippen molar-refractivity contribution in [1.29, 1.82) is 0 Å². The van der Waals surface area contributed by atoms with Crippen molar-refractivity contribution in [3.8, 4) is 16.8 Å². The first-order valence-corrected chi connectivity index (χ1v) is 18.7. The van der Waals surface area contributed by atoms with Crippen LogP contribution in [0.5, 0.6) is 0 Å². The van der Waals surface area contributed by atoms with Crippen molar-refractivity contribution >= 4 is 49.7 Å². The molecular formula is C50H38N4. The molecule has 3 unspecified atom stereocenters. The normalized spacial score (nSPS) is 18.3. The number of para-hydroxylation sites is 3. The van der Waals surface area contributed by atoms with E-state index < -0.39 is 0 Å². The van der Waals surface area contributed by atoms with Gasteiger partial charge in [0.2, 0.25) is 0 Å². The van der Waals surface area contributed by atoms with E-state index in [0.717, 1.165) is 50.4 Å². The predicted molar refractivity (Wildman–Crippen MR) is 225 cm³/mol. The average molecular weight is 695 g/mol. The molecule has 0 saturated carbocycles. The molecular weight excluding hydrogens is 657 g/mol. The van der Waals surface area contributed by atoms with Crippen LogP contribution in [0.4, 0.5) is 0 Å². The van der Waals surface area contributed by atoms with Gasteiger partial charge in [0.05, 0.1) is 22.2 Å². The fourth-order valence-corrected chi connectivity index (χ4v) is 8.26. The van der Waals surface area contributed by atoms with Gasteiger partial charge in [0, 0.05) is 39.2 Å². The number of benzene rings is 6. The lowest BCUT2D eigenvalue weighted by Crippen LogP contribution is -2.29. The minimum atomic E-state index is -0.188. The van der Waals surface area contributed by atoms with E-state index in [-0.39, 0.29) is 18.0 Å². The van der Waals surface area contributed by atoms with Gasteiger partial charge in [0.25, 0.3) is 0 Å². The summed E-state index contributed by atoms with van der Waals surface area (Å²) < 4.78 is 2.41. The molecule has 258 valence electrons. The molecule has 1 N–H and O–H groups in total. The molecule has 10 rings (SSSR count). The Labute approximate surface area is 315 Å². The highest BCUT2D eigenvalue weighted by Gasteiger charge is 2.29. The second-order valence-electron chi connectivity index (χ2n) is 14.3. The number of allylic oxidation sites excluding steroid dienone is 5. The Hall–Kier alpha value is -6.78. The lowest BCUT2D eigenvalue weighted by molar-refractivity contribution is 0.608. The zero-order valence-electron chi connectivity index (χ0n) is 30.0. The van der Waals surface area contributed by atoms with E-state index in [1.807, 2.05) is 0 Å². The number of hydrogen-bond donors (Lipinski definition) is 1. The fourth-order valence-electron chi connectivity index (χ4n) is 8.26. The van der Waals surface area contributed by atoms with Gasteiger partial charge in [-0.15, -0.1) is 0 Å². The van der Waals surface area contributed by atoms with Crippen LogP contribution in [0.25, 0.3) is 60.8 Å². The van der Waals surface area contributed by atoms with Crippen LogP contribution in [0.2, 0.25) is 0 Å². The smallest absolute Gasteiger partial charge is 0.145 e. The van der Waals surface area contributed by atoms with Crippen LogP contribution in [0, 0.1) is 11.8 Å². The maximum Gasteiger partial charge on any atom is 0.145 e. The Balaban J connectivity index is 1.07. The van der Waals surface area contributed by atoms with Crippen LogP contribution in [-0.2, 0) is 0 Å². The molecule has 3 heterocycles. The maximum absolute atomic E-state index is 5.40. The number of nitrogens with zero attached hydrogens (tertiary/aromatic N) is 3. The van der Waals surface area contributed by atoms with E-state index in [1.165, 1.54) is 32.9 Å². The minimum Gasteiger partial charge on any atom is -0.360 e. The third kappa shape index (κ3) is 5.55. The Morgan fingerprint density at radius 2 is 1.24 bits per heavy atom. The molecule has 4 nitrogen and oxygen atoms in total. The van der Waals surface area contributed by atoms with Gasteiger partial charge in [-0.1, -0.05) is 165 Å². The lowest BCUT2D eigenvalue weighted by atomic mass is 9.81. The van der Waals surface area contributed by atoms with Gasteiger partial charge in [-0.25, -0.2) is 4.98 Å². The largest absolute Gasteiger partial charge is 0.360 e. The summed E-state index contributed by atoms with van der Waals surface area (Å²) in [6.45, 7) is 2.31. The van der Waals surface area contributed by atoms with E-state index in [9.17, 15) is 0 Å². The first kappa shape index (κ1) is 31.9. The van der Waals surface area contributed by atoms with E-state index in [0.29, 0.717) is 0 Å². The number of rotatable bonds is 6. The molecule has 0 bridgehead atoms. The topological polar surface area (TPSA) is 42.2 Å². The Kier molecular flexibility index (Phi) is 7.88. The fraction of sp³-hybridized carbons (Fsp3) is 0.0800. The van der Waals surface area contributed by atoms with Crippen LogP contribution >= 0.6 is 0 Å². The van der Waals surface area contributed by atoms with Crippen molar-refractivity contribution in [2.75, 3.05) is 0 Å². The predicted octanol–water partition coefficient (Wildman–Crippen LogP) is 12.0. The Morgan fingerprint density at radius 1 is 0.611 bits per heavy atom. The molecule has 0 radical (unpaired) electrons. The number of pyridine rings is 1. The molecule has 1 aliphatic carbocycles. The monoisotopic (exact) mass is 694 g/mol. The molecule has 2 aromatic heterocycles. The van der Waals surface area contributed by atoms with Gasteiger partial charge in [-0.3, -0.25) is 4.99 Å². The third-order valence-corrected chi connectivity index (χ3v) is 10.9. The molecule has 3 atom stereocenters. The quantitative estimate of drug-likeness (QED) is 0.188. The number of nitrogens with one attached hydrogen (secondary N) is 1. The van der Waals surface area contributed by atoms with Crippen LogP contribution < -0.4 is 5.32 Å². The third-order valence-electron chi connectivity index (χ3n) is 10.9. The molecule has 1 aliphatic heterocycles. The van der Waals surface area contributed by atoms with Crippen LogP contribution in [0.3, 0.4) is 0 Å². The molecule has 0 saturated heterocycles. The summed E-state index contributed by atoms with van der Waals surface area (Å²) in [5.74, 6) is 0.282. The van der Waals surface area contributed by atoms with E-state index in [1.54, 1.807) is 0 Å². The Bertz CT molecular complexity index is 2790. The molecule has 8 aromatic rings. The molecule has 0 fully saturated rings. The number of aromatic nitrogens is 2. The maximum atomic E-state index is 5.40. The summed E-state index contributed by atoms with van der Waals surface area (Å²) in [6.07, 6.45) is 9.09. The van der Waals surface area contributed by atoms with Crippen LogP contribution in [-0.4, -0.2) is 15.3 Å². The van der Waals surface area contributed by atoms with E-state index >= 15 is 0 Å². The molecule has 2 aliphatic rings. The van der Waals surface area contributed by atoms with Gasteiger partial charge in [0.15, 0.2) is 0 Å². The van der Waals surface area contributed by atoms with Gasteiger partial charge in [0.1, 0.15) is 6.17 Å². The summed E-state index contributed by atoms with van der Waals surface area (Å²) in [4.78, 5) is 10.8. The highest BCUT2D eigenvalue weighted by molar-refractivity contribution is 6.21. The summed E-state index contributed by atoms with van der Waals surface area (Å²) in [5, 5.41) is 7.28. The molecule has 54 heavy (non-hydrogen) atoms. The summed E-state index contributed by atoms with van der Waals surface area (Å²) in [6, 6.07) is 57.9. The van der Waals surface area contributed by atoms with E-state index in [4.69, 9.17) is 9.98 Å². The zero-order chi connectivity index (χ0) is 36.0. The summed E-state index contributed by atoms with van der Waals surface area (Å²) in [5.41, 5.74) is 13.5. The standard InChI is InChI=1S/C50H38N4/c1-33-31-38(48-47-42-22-12-14-24-46(42)54(39-19-9-4-10-20-39)49(47)41-21-11-13-23-43(41)51-48)29-30-40(33)45-32-44(52-50(53-45)37-17-7-3-8-18-37)36-27-25-35(26-28-36)34-15-5-2-6-16-34/h2-33,40,50,52H,1H3. The number of aliphatic imine (C=N–C) groups is 1. The van der Waals surface area contributed by atoms with Crippen molar-refractivity contribution in [3.05, 3.63) is 205 Å². The molecule has 0 spiro atoms. The lowest BCUT2D eigenvalue weighted by Gasteiger charge is -2.30. The highest BCUT2D eigenvalue weighted by Crippen LogP contribution is 2.42. The van der Waals surface area contributed by atoms with Gasteiger partial charge < -0.3 is 9.88 Å². The van der Waals surface area contributed by atoms with E-state index in [2.05, 4.69) is 205 Å². The zero-order valence-corrected chi connectivity index (χ0v) is 30.0. The highest BCUT2D eigenvalue weighted by atomic mass is 15.1. The first-order valence-electron chi connectivity index (χ1n) is 18.7. The van der Waals surface area contributed by atoms with Gasteiger partial charge in [-0.2, -0.15) is 0 Å². The van der Waals surface area contributed by atoms with Crippen molar-refractivity contribution in [1.82, 2.24) is 14.9 Å². The van der Waals surface area contributed by atoms with Crippen molar-refractivity contribution in [3.63, 3.8) is 0 Å². The first-order chi connectivity index (χ1) is 26.7. The molecule has 0 amide bonds. The second kappa shape index (κ2) is 13.3. The Morgan fingerprint density at radius 3 is 2.00 bits per heavy atom. The summed E-state index contributed by atoms with van der Waals surface area (Å²) >= 11 is 0. The molecule has 6 aromatic carbocycles. The average Bonchev–Trinajstić information content (AvgIpc) is 3.60. The van der Waals surface area contributed by atoms with Crippen molar-refractivity contribution in [2.24, 2.45) is 16.8 Å². The van der Waals surface area contributed by atoms with Crippen LogP contribution in [0.1, 0.15) is 29.9 Å². The SMILES string of the molecule is CC1C=C(c2nc3ccccc3c3c2c2ccccc2n3-c2ccccc2)C=CC1C1=NC(c2ccccc2)NC(c2ccc(-c3ccccc3)cc2)=C1.